The van der Waals surface area contributed by atoms with Crippen LogP contribution in [0.2, 0.25) is 0 Å². The zero-order valence-corrected chi connectivity index (χ0v) is 17.0. The van der Waals surface area contributed by atoms with Crippen molar-refractivity contribution >= 4 is 0 Å². The maximum Gasteiger partial charge on any atom is 0.231 e. The lowest BCUT2D eigenvalue weighted by atomic mass is 9.80. The van der Waals surface area contributed by atoms with Gasteiger partial charge in [-0.05, 0) is 18.2 Å². The van der Waals surface area contributed by atoms with Crippen LogP contribution in [0.5, 0.6) is 28.7 Å². The van der Waals surface area contributed by atoms with E-state index in [9.17, 15) is 5.11 Å². The number of fused-ring (bicyclic) bond motifs is 2. The second-order valence-electron chi connectivity index (χ2n) is 7.57. The summed E-state index contributed by atoms with van der Waals surface area (Å²) < 4.78 is 39.8. The minimum Gasteiger partial charge on any atom is -0.496 e. The van der Waals surface area contributed by atoms with Crippen LogP contribution in [0.25, 0.3) is 0 Å². The molecule has 8 heteroatoms. The fourth-order valence-electron chi connectivity index (χ4n) is 4.67. The van der Waals surface area contributed by atoms with Crippen molar-refractivity contribution in [3.63, 3.8) is 0 Å². The van der Waals surface area contributed by atoms with Gasteiger partial charge in [-0.1, -0.05) is 6.07 Å². The first-order valence-electron chi connectivity index (χ1n) is 9.74. The highest BCUT2D eigenvalue weighted by Crippen LogP contribution is 2.57. The number of methoxy groups -OCH3 is 3. The Balaban J connectivity index is 1.53. The normalized spacial score (nSPS) is 29.0. The molecule has 3 aliphatic rings. The highest BCUT2D eigenvalue weighted by Gasteiger charge is 2.60. The van der Waals surface area contributed by atoms with Crippen LogP contribution >= 0.6 is 0 Å². The van der Waals surface area contributed by atoms with Gasteiger partial charge in [0.25, 0.3) is 0 Å². The van der Waals surface area contributed by atoms with E-state index in [0.717, 1.165) is 5.56 Å². The molecule has 2 aromatic rings. The van der Waals surface area contributed by atoms with Crippen LogP contribution in [-0.4, -0.2) is 52.0 Å². The largest absolute Gasteiger partial charge is 0.496 e. The quantitative estimate of drug-likeness (QED) is 0.796. The Morgan fingerprint density at radius 2 is 1.60 bits per heavy atom. The highest BCUT2D eigenvalue weighted by molar-refractivity contribution is 5.54. The Morgan fingerprint density at radius 3 is 2.27 bits per heavy atom. The molecule has 0 unspecified atom stereocenters. The molecule has 3 aliphatic heterocycles. The first-order valence-corrected chi connectivity index (χ1v) is 9.74. The molecule has 0 bridgehead atoms. The topological polar surface area (TPSA) is 84.8 Å². The Labute approximate surface area is 174 Å². The average Bonchev–Trinajstić information content (AvgIpc) is 3.45. The summed E-state index contributed by atoms with van der Waals surface area (Å²) in [7, 11) is 4.76. The first-order chi connectivity index (χ1) is 14.6. The summed E-state index contributed by atoms with van der Waals surface area (Å²) in [5, 5.41) is 11.7. The molecule has 1 N–H and O–H groups in total. The summed E-state index contributed by atoms with van der Waals surface area (Å²) in [5.41, 5.74) is 0.210. The minimum atomic E-state index is -1.26. The number of ether oxygens (including phenoxy) is 7. The predicted octanol–water partition coefficient (Wildman–Crippen LogP) is 2.63. The van der Waals surface area contributed by atoms with Crippen LogP contribution < -0.4 is 23.7 Å². The molecule has 2 fully saturated rings. The van der Waals surface area contributed by atoms with E-state index in [1.54, 1.807) is 27.4 Å². The van der Waals surface area contributed by atoms with E-state index >= 15 is 0 Å². The van der Waals surface area contributed by atoms with Crippen molar-refractivity contribution in [2.45, 2.75) is 17.8 Å². The molecule has 4 atom stereocenters. The van der Waals surface area contributed by atoms with Crippen molar-refractivity contribution in [2.75, 3.05) is 41.3 Å². The van der Waals surface area contributed by atoms with Crippen LogP contribution in [0, 0.1) is 5.92 Å². The molecule has 2 aromatic carbocycles. The molecule has 8 nitrogen and oxygen atoms in total. The third-order valence-corrected chi connectivity index (χ3v) is 6.16. The van der Waals surface area contributed by atoms with Gasteiger partial charge in [0.05, 0.1) is 46.2 Å². The molecule has 0 saturated carbocycles. The molecule has 0 aromatic heterocycles. The van der Waals surface area contributed by atoms with Gasteiger partial charge in [-0.25, -0.2) is 0 Å². The monoisotopic (exact) mass is 416 g/mol. The van der Waals surface area contributed by atoms with E-state index in [1.807, 2.05) is 24.3 Å². The van der Waals surface area contributed by atoms with Crippen LogP contribution in [-0.2, 0) is 9.47 Å². The Bertz CT molecular complexity index is 938. The van der Waals surface area contributed by atoms with Crippen LogP contribution in [0.15, 0.2) is 30.3 Å². The molecule has 3 heterocycles. The van der Waals surface area contributed by atoms with Crippen molar-refractivity contribution in [3.05, 3.63) is 41.5 Å². The van der Waals surface area contributed by atoms with Crippen molar-refractivity contribution in [3.8, 4) is 28.7 Å². The smallest absolute Gasteiger partial charge is 0.231 e. The molecule has 0 amide bonds. The molecule has 0 aliphatic carbocycles. The zero-order chi connectivity index (χ0) is 20.9. The lowest BCUT2D eigenvalue weighted by molar-refractivity contribution is -0.0643. The summed E-state index contributed by atoms with van der Waals surface area (Å²) >= 11 is 0. The fraction of sp³-hybridized carbons (Fsp3) is 0.455. The molecule has 5 rings (SSSR count). The van der Waals surface area contributed by atoms with E-state index in [-0.39, 0.29) is 19.3 Å². The van der Waals surface area contributed by atoms with Gasteiger partial charge in [0.1, 0.15) is 29.0 Å². The summed E-state index contributed by atoms with van der Waals surface area (Å²) in [4.78, 5) is 0. The summed E-state index contributed by atoms with van der Waals surface area (Å²) in [6, 6.07) is 9.13. The number of hydrogen-bond donors (Lipinski definition) is 1. The first kappa shape index (κ1) is 19.3. The van der Waals surface area contributed by atoms with Gasteiger partial charge >= 0.3 is 0 Å². The van der Waals surface area contributed by atoms with Gasteiger partial charge in [-0.2, -0.15) is 0 Å². The third kappa shape index (κ3) is 2.71. The van der Waals surface area contributed by atoms with Gasteiger partial charge in [0, 0.05) is 17.5 Å². The van der Waals surface area contributed by atoms with Gasteiger partial charge in [0.2, 0.25) is 6.79 Å². The Kier molecular flexibility index (Phi) is 4.65. The van der Waals surface area contributed by atoms with Crippen molar-refractivity contribution in [1.82, 2.24) is 0 Å². The standard InChI is InChI=1S/C22H24O8/c1-24-14-5-4-6-15(25-2)19(14)21-22(23)10-28-20(13(22)9-27-21)12-7-17-18(30-11-29-17)8-16(12)26-3/h4-8,13,20-21,23H,9-11H2,1-3H3/t13-,20-,21-,22-/m1/s1. The van der Waals surface area contributed by atoms with Crippen LogP contribution in [0.3, 0.4) is 0 Å². The Hall–Kier alpha value is -2.68. The minimum absolute atomic E-state index is 0.103. The fourth-order valence-corrected chi connectivity index (χ4v) is 4.67. The zero-order valence-electron chi connectivity index (χ0n) is 17.0. The summed E-state index contributed by atoms with van der Waals surface area (Å²) in [6.45, 7) is 0.579. The average molecular weight is 416 g/mol. The van der Waals surface area contributed by atoms with E-state index in [0.29, 0.717) is 40.9 Å². The molecular formula is C22H24O8. The van der Waals surface area contributed by atoms with Gasteiger partial charge in [0.15, 0.2) is 11.5 Å². The predicted molar refractivity (Wildman–Crippen MR) is 104 cm³/mol. The second-order valence-corrected chi connectivity index (χ2v) is 7.57. The number of aliphatic hydroxyl groups is 1. The van der Waals surface area contributed by atoms with Crippen molar-refractivity contribution in [2.24, 2.45) is 5.92 Å². The third-order valence-electron chi connectivity index (χ3n) is 6.16. The van der Waals surface area contributed by atoms with Crippen LogP contribution in [0.1, 0.15) is 23.3 Å². The maximum atomic E-state index is 11.7. The molecule has 160 valence electrons. The second kappa shape index (κ2) is 7.23. The van der Waals surface area contributed by atoms with Gasteiger partial charge in [-0.3, -0.25) is 0 Å². The van der Waals surface area contributed by atoms with Crippen LogP contribution in [0.4, 0.5) is 0 Å². The molecule has 30 heavy (non-hydrogen) atoms. The SMILES string of the molecule is COc1cc2c(cc1[C@H]1OC[C@]3(O)[C@@H](c4c(OC)cccc4OC)OC[C@H]13)OCO2. The van der Waals surface area contributed by atoms with E-state index < -0.39 is 17.8 Å². The van der Waals surface area contributed by atoms with E-state index in [2.05, 4.69) is 0 Å². The number of rotatable bonds is 5. The highest BCUT2D eigenvalue weighted by atomic mass is 16.7. The summed E-state index contributed by atoms with van der Waals surface area (Å²) in [6.07, 6.45) is -1.08. The van der Waals surface area contributed by atoms with Crippen molar-refractivity contribution < 1.29 is 38.3 Å². The molecule has 0 radical (unpaired) electrons. The number of hydrogen-bond acceptors (Lipinski definition) is 8. The Morgan fingerprint density at radius 1 is 0.933 bits per heavy atom. The van der Waals surface area contributed by atoms with E-state index in [4.69, 9.17) is 33.2 Å². The van der Waals surface area contributed by atoms with E-state index in [1.165, 1.54) is 0 Å². The lowest BCUT2D eigenvalue weighted by Crippen LogP contribution is -2.39. The maximum absolute atomic E-state index is 11.7. The van der Waals surface area contributed by atoms with Crippen molar-refractivity contribution in [1.29, 1.82) is 0 Å². The lowest BCUT2D eigenvalue weighted by Gasteiger charge is -2.29. The number of benzene rings is 2. The molecule has 0 spiro atoms. The molecular weight excluding hydrogens is 392 g/mol. The molecule has 2 saturated heterocycles. The van der Waals surface area contributed by atoms with Gasteiger partial charge < -0.3 is 38.3 Å². The van der Waals surface area contributed by atoms with Gasteiger partial charge in [-0.15, -0.1) is 0 Å². The summed E-state index contributed by atoms with van der Waals surface area (Å²) in [5.74, 6) is 2.75.